The highest BCUT2D eigenvalue weighted by Crippen LogP contribution is 2.19. The Bertz CT molecular complexity index is 1110. The number of allylic oxidation sites excluding steroid dienone is 1. The summed E-state index contributed by atoms with van der Waals surface area (Å²) >= 11 is 0. The van der Waals surface area contributed by atoms with Crippen molar-refractivity contribution in [3.8, 4) is 0 Å². The molecular formula is C68H133NO5. The third-order valence-corrected chi connectivity index (χ3v) is 16.1. The topological polar surface area (TPSA) is 95.9 Å². The van der Waals surface area contributed by atoms with Gasteiger partial charge in [-0.1, -0.05) is 353 Å². The van der Waals surface area contributed by atoms with Gasteiger partial charge in [0.15, 0.2) is 0 Å². The minimum Gasteiger partial charge on any atom is -0.466 e. The van der Waals surface area contributed by atoms with Crippen molar-refractivity contribution in [1.29, 1.82) is 0 Å². The molecule has 2 atom stereocenters. The number of ether oxygens (including phenoxy) is 1. The van der Waals surface area contributed by atoms with Gasteiger partial charge in [0.05, 0.1) is 25.4 Å². The van der Waals surface area contributed by atoms with E-state index in [2.05, 4.69) is 19.2 Å². The van der Waals surface area contributed by atoms with Crippen LogP contribution in [0.2, 0.25) is 0 Å². The summed E-state index contributed by atoms with van der Waals surface area (Å²) in [6, 6.07) is -0.626. The molecule has 1 amide bonds. The van der Waals surface area contributed by atoms with E-state index in [-0.39, 0.29) is 18.5 Å². The van der Waals surface area contributed by atoms with E-state index in [1.807, 2.05) is 6.08 Å². The Labute approximate surface area is 463 Å². The first-order valence-electron chi connectivity index (χ1n) is 34.0. The Morgan fingerprint density at radius 3 is 0.919 bits per heavy atom. The van der Waals surface area contributed by atoms with E-state index in [0.29, 0.717) is 19.4 Å². The summed E-state index contributed by atoms with van der Waals surface area (Å²) in [4.78, 5) is 24.5. The Morgan fingerprint density at radius 1 is 0.365 bits per heavy atom. The van der Waals surface area contributed by atoms with E-state index in [1.54, 1.807) is 6.08 Å². The second-order valence-corrected chi connectivity index (χ2v) is 23.5. The molecule has 0 bridgehead atoms. The maximum atomic E-state index is 12.5. The first-order valence-corrected chi connectivity index (χ1v) is 34.0. The standard InChI is InChI=1S/C68H133NO5/c1-3-5-7-9-11-13-15-17-18-19-30-33-37-40-44-48-52-56-60-66(71)65(64-70)69-67(72)61-57-53-49-45-41-38-34-31-28-26-24-22-20-21-23-25-27-29-32-35-39-43-47-51-55-59-63-74-68(73)62-58-54-50-46-42-36-16-14-12-10-8-6-4-2/h56,60,65-66,70-71H,3-55,57-59,61-64H2,1-2H3,(H,69,72)/b60-56+. The Balaban J connectivity index is 3.37. The highest BCUT2D eigenvalue weighted by molar-refractivity contribution is 5.76. The van der Waals surface area contributed by atoms with Gasteiger partial charge < -0.3 is 20.3 Å². The van der Waals surface area contributed by atoms with Crippen LogP contribution in [-0.2, 0) is 14.3 Å². The summed E-state index contributed by atoms with van der Waals surface area (Å²) in [6.45, 7) is 4.94. The molecule has 440 valence electrons. The maximum Gasteiger partial charge on any atom is 0.305 e. The van der Waals surface area contributed by atoms with E-state index >= 15 is 0 Å². The Kier molecular flexibility index (Phi) is 62.9. The third kappa shape index (κ3) is 59.8. The summed E-state index contributed by atoms with van der Waals surface area (Å²) in [7, 11) is 0. The smallest absolute Gasteiger partial charge is 0.305 e. The normalized spacial score (nSPS) is 12.5. The van der Waals surface area contributed by atoms with E-state index in [0.717, 1.165) is 38.5 Å². The molecule has 0 radical (unpaired) electrons. The van der Waals surface area contributed by atoms with E-state index < -0.39 is 12.1 Å². The molecule has 6 heteroatoms. The van der Waals surface area contributed by atoms with Crippen molar-refractivity contribution in [2.24, 2.45) is 0 Å². The lowest BCUT2D eigenvalue weighted by atomic mass is 10.0. The largest absolute Gasteiger partial charge is 0.466 e. The number of aliphatic hydroxyl groups is 2. The fourth-order valence-corrected chi connectivity index (χ4v) is 10.9. The van der Waals surface area contributed by atoms with Crippen LogP contribution >= 0.6 is 0 Å². The van der Waals surface area contributed by atoms with Gasteiger partial charge in [-0.15, -0.1) is 0 Å². The summed E-state index contributed by atoms with van der Waals surface area (Å²) < 4.78 is 5.49. The van der Waals surface area contributed by atoms with Crippen molar-refractivity contribution in [2.75, 3.05) is 13.2 Å². The second-order valence-electron chi connectivity index (χ2n) is 23.5. The molecule has 2 unspecified atom stereocenters. The molecule has 0 heterocycles. The molecule has 0 aliphatic rings. The number of rotatable bonds is 64. The molecule has 0 aliphatic carbocycles. The lowest BCUT2D eigenvalue weighted by Gasteiger charge is -2.20. The lowest BCUT2D eigenvalue weighted by molar-refractivity contribution is -0.143. The molecule has 0 aromatic carbocycles. The zero-order chi connectivity index (χ0) is 53.6. The average Bonchev–Trinajstić information content (AvgIpc) is 3.40. The van der Waals surface area contributed by atoms with Gasteiger partial charge in [0.1, 0.15) is 0 Å². The molecule has 0 saturated carbocycles. The van der Waals surface area contributed by atoms with Crippen molar-refractivity contribution in [3.05, 3.63) is 12.2 Å². The molecule has 74 heavy (non-hydrogen) atoms. The first-order chi connectivity index (χ1) is 36.5. The monoisotopic (exact) mass is 1040 g/mol. The fraction of sp³-hybridized carbons (Fsp3) is 0.941. The van der Waals surface area contributed by atoms with Gasteiger partial charge in [0.2, 0.25) is 5.91 Å². The third-order valence-electron chi connectivity index (χ3n) is 16.1. The summed E-state index contributed by atoms with van der Waals surface area (Å²) in [5, 5.41) is 23.2. The van der Waals surface area contributed by atoms with Crippen LogP contribution < -0.4 is 5.32 Å². The molecule has 0 saturated heterocycles. The first kappa shape index (κ1) is 72.6. The molecular weight excluding hydrogens is 911 g/mol. The van der Waals surface area contributed by atoms with Crippen molar-refractivity contribution in [2.45, 2.75) is 398 Å². The van der Waals surface area contributed by atoms with Crippen molar-refractivity contribution in [3.63, 3.8) is 0 Å². The Hall–Kier alpha value is -1.40. The maximum absolute atomic E-state index is 12.5. The summed E-state index contributed by atoms with van der Waals surface area (Å²) in [5.41, 5.74) is 0. The molecule has 0 rings (SSSR count). The van der Waals surface area contributed by atoms with Crippen LogP contribution in [0.25, 0.3) is 0 Å². The molecule has 0 aromatic heterocycles. The van der Waals surface area contributed by atoms with Gasteiger partial charge in [-0.3, -0.25) is 9.59 Å². The minimum atomic E-state index is -0.842. The quantitative estimate of drug-likeness (QED) is 0.0320. The van der Waals surface area contributed by atoms with E-state index in [4.69, 9.17) is 4.74 Å². The molecule has 6 nitrogen and oxygen atoms in total. The lowest BCUT2D eigenvalue weighted by Crippen LogP contribution is -2.45. The number of carbonyl (C=O) groups excluding carboxylic acids is 2. The van der Waals surface area contributed by atoms with Gasteiger partial charge >= 0.3 is 5.97 Å². The molecule has 0 aliphatic heterocycles. The van der Waals surface area contributed by atoms with Crippen molar-refractivity contribution in [1.82, 2.24) is 5.32 Å². The van der Waals surface area contributed by atoms with E-state index in [9.17, 15) is 19.8 Å². The van der Waals surface area contributed by atoms with Crippen LogP contribution in [0.4, 0.5) is 0 Å². The van der Waals surface area contributed by atoms with Crippen molar-refractivity contribution >= 4 is 11.9 Å². The highest BCUT2D eigenvalue weighted by Gasteiger charge is 2.18. The number of hydrogen-bond acceptors (Lipinski definition) is 5. The zero-order valence-corrected chi connectivity index (χ0v) is 50.4. The number of aliphatic hydroxyl groups excluding tert-OH is 2. The minimum absolute atomic E-state index is 0.0192. The Morgan fingerprint density at radius 2 is 0.622 bits per heavy atom. The predicted octanol–water partition coefficient (Wildman–Crippen LogP) is 21.6. The van der Waals surface area contributed by atoms with Crippen LogP contribution in [0.5, 0.6) is 0 Å². The number of hydrogen-bond donors (Lipinski definition) is 3. The molecule has 3 N–H and O–H groups in total. The van der Waals surface area contributed by atoms with Crippen LogP contribution in [0.3, 0.4) is 0 Å². The van der Waals surface area contributed by atoms with E-state index in [1.165, 1.54) is 321 Å². The number of nitrogens with one attached hydrogen (secondary N) is 1. The second kappa shape index (κ2) is 64.1. The molecule has 0 spiro atoms. The van der Waals surface area contributed by atoms with Gasteiger partial charge in [0, 0.05) is 12.8 Å². The number of carbonyl (C=O) groups is 2. The van der Waals surface area contributed by atoms with Crippen LogP contribution in [0.1, 0.15) is 386 Å². The highest BCUT2D eigenvalue weighted by atomic mass is 16.5. The fourth-order valence-electron chi connectivity index (χ4n) is 10.9. The summed E-state index contributed by atoms with van der Waals surface area (Å²) in [5.74, 6) is -0.0427. The SMILES string of the molecule is CCCCCCCCCCCCCCCCCC/C=C/C(O)C(CO)NC(=O)CCCCCCCCCCCCCCCCCCCCCCCCCCCCOC(=O)CCCCCCCCCCCCCCC. The average molecular weight is 1040 g/mol. The van der Waals surface area contributed by atoms with Crippen molar-refractivity contribution < 1.29 is 24.5 Å². The number of amides is 1. The summed E-state index contributed by atoms with van der Waals surface area (Å²) in [6.07, 6.45) is 78.5. The number of esters is 1. The van der Waals surface area contributed by atoms with Gasteiger partial charge in [-0.05, 0) is 32.1 Å². The molecule has 0 aromatic rings. The number of unbranched alkanes of at least 4 members (excludes halogenated alkanes) is 53. The molecule has 0 fully saturated rings. The predicted molar refractivity (Wildman–Crippen MR) is 324 cm³/mol. The van der Waals surface area contributed by atoms with Crippen LogP contribution in [0, 0.1) is 0 Å². The van der Waals surface area contributed by atoms with Crippen LogP contribution in [-0.4, -0.2) is 47.4 Å². The van der Waals surface area contributed by atoms with Crippen LogP contribution in [0.15, 0.2) is 12.2 Å². The zero-order valence-electron chi connectivity index (χ0n) is 50.4. The van der Waals surface area contributed by atoms with Gasteiger partial charge in [0.25, 0.3) is 0 Å². The van der Waals surface area contributed by atoms with Gasteiger partial charge in [-0.2, -0.15) is 0 Å². The van der Waals surface area contributed by atoms with Gasteiger partial charge in [-0.25, -0.2) is 0 Å².